The molecule has 1 aliphatic rings. The maximum absolute atomic E-state index is 12.0. The first kappa shape index (κ1) is 13.1. The SMILES string of the molecule is CCN(Cc1ccco1)C(=O)COC1(C)CNC1. The van der Waals surface area contributed by atoms with Gasteiger partial charge in [-0.15, -0.1) is 0 Å². The number of carbonyl (C=O) groups excluding carboxylic acids is 1. The number of nitrogens with zero attached hydrogens (tertiary/aromatic N) is 1. The molecular weight excluding hydrogens is 232 g/mol. The molecule has 0 atom stereocenters. The van der Waals surface area contributed by atoms with Crippen molar-refractivity contribution in [3.8, 4) is 0 Å². The van der Waals surface area contributed by atoms with Gasteiger partial charge in [0.05, 0.1) is 18.4 Å². The van der Waals surface area contributed by atoms with E-state index in [-0.39, 0.29) is 18.1 Å². The Kier molecular flexibility index (Phi) is 4.04. The Morgan fingerprint density at radius 2 is 2.39 bits per heavy atom. The van der Waals surface area contributed by atoms with Crippen molar-refractivity contribution in [1.82, 2.24) is 10.2 Å². The molecule has 1 fully saturated rings. The summed E-state index contributed by atoms with van der Waals surface area (Å²) in [5.41, 5.74) is -0.181. The van der Waals surface area contributed by atoms with Crippen molar-refractivity contribution in [2.45, 2.75) is 26.0 Å². The van der Waals surface area contributed by atoms with E-state index in [1.807, 2.05) is 26.0 Å². The van der Waals surface area contributed by atoms with Crippen molar-refractivity contribution in [2.75, 3.05) is 26.2 Å². The third-order valence-electron chi connectivity index (χ3n) is 3.20. The van der Waals surface area contributed by atoms with Crippen molar-refractivity contribution in [1.29, 1.82) is 0 Å². The molecule has 1 N–H and O–H groups in total. The molecule has 0 saturated carbocycles. The van der Waals surface area contributed by atoms with E-state index >= 15 is 0 Å². The monoisotopic (exact) mass is 252 g/mol. The number of amides is 1. The summed E-state index contributed by atoms with van der Waals surface area (Å²) in [5, 5.41) is 3.14. The van der Waals surface area contributed by atoms with Crippen LogP contribution in [-0.4, -0.2) is 42.6 Å². The van der Waals surface area contributed by atoms with E-state index in [9.17, 15) is 4.79 Å². The van der Waals surface area contributed by atoms with Gasteiger partial charge < -0.3 is 19.4 Å². The Labute approximate surface area is 107 Å². The number of hydrogen-bond donors (Lipinski definition) is 1. The lowest BCUT2D eigenvalue weighted by Gasteiger charge is -2.39. The fourth-order valence-corrected chi connectivity index (χ4v) is 1.87. The van der Waals surface area contributed by atoms with E-state index in [1.54, 1.807) is 11.2 Å². The van der Waals surface area contributed by atoms with Crippen LogP contribution in [-0.2, 0) is 16.1 Å². The lowest BCUT2D eigenvalue weighted by Crippen LogP contribution is -2.59. The van der Waals surface area contributed by atoms with Crippen LogP contribution in [0.5, 0.6) is 0 Å². The van der Waals surface area contributed by atoms with Crippen molar-refractivity contribution in [2.24, 2.45) is 0 Å². The van der Waals surface area contributed by atoms with Gasteiger partial charge in [0.15, 0.2) is 0 Å². The van der Waals surface area contributed by atoms with Crippen LogP contribution in [0.25, 0.3) is 0 Å². The average molecular weight is 252 g/mol. The first-order valence-corrected chi connectivity index (χ1v) is 6.28. The summed E-state index contributed by atoms with van der Waals surface area (Å²) in [4.78, 5) is 13.8. The molecule has 0 aromatic carbocycles. The summed E-state index contributed by atoms with van der Waals surface area (Å²) in [5.74, 6) is 0.795. The van der Waals surface area contributed by atoms with E-state index in [4.69, 9.17) is 9.15 Å². The predicted molar refractivity (Wildman–Crippen MR) is 67.0 cm³/mol. The second-order valence-electron chi connectivity index (χ2n) is 4.83. The molecule has 1 amide bonds. The largest absolute Gasteiger partial charge is 0.467 e. The fourth-order valence-electron chi connectivity index (χ4n) is 1.87. The molecule has 1 aliphatic heterocycles. The molecule has 0 bridgehead atoms. The number of nitrogens with one attached hydrogen (secondary N) is 1. The first-order valence-electron chi connectivity index (χ1n) is 6.28. The van der Waals surface area contributed by atoms with E-state index in [2.05, 4.69) is 5.32 Å². The van der Waals surface area contributed by atoms with Gasteiger partial charge in [0, 0.05) is 19.6 Å². The van der Waals surface area contributed by atoms with Crippen LogP contribution in [0.1, 0.15) is 19.6 Å². The Balaban J connectivity index is 1.81. The lowest BCUT2D eigenvalue weighted by atomic mass is 10.0. The summed E-state index contributed by atoms with van der Waals surface area (Å²) in [6, 6.07) is 3.69. The Hall–Kier alpha value is -1.33. The number of ether oxygens (including phenoxy) is 1. The molecule has 100 valence electrons. The van der Waals surface area contributed by atoms with E-state index < -0.39 is 0 Å². The van der Waals surface area contributed by atoms with Gasteiger partial charge in [0.1, 0.15) is 12.4 Å². The number of carbonyl (C=O) groups is 1. The van der Waals surface area contributed by atoms with Crippen LogP contribution in [0.3, 0.4) is 0 Å². The molecule has 1 aromatic heterocycles. The van der Waals surface area contributed by atoms with E-state index in [1.165, 1.54) is 0 Å². The second kappa shape index (κ2) is 5.54. The van der Waals surface area contributed by atoms with Crippen molar-refractivity contribution >= 4 is 5.91 Å². The molecule has 5 heteroatoms. The summed E-state index contributed by atoms with van der Waals surface area (Å²) >= 11 is 0. The highest BCUT2D eigenvalue weighted by Crippen LogP contribution is 2.15. The van der Waals surface area contributed by atoms with Crippen molar-refractivity contribution in [3.63, 3.8) is 0 Å². The average Bonchev–Trinajstić information content (AvgIpc) is 2.83. The molecule has 5 nitrogen and oxygen atoms in total. The van der Waals surface area contributed by atoms with Gasteiger partial charge in [-0.1, -0.05) is 0 Å². The standard InChI is InChI=1S/C13H20N2O3/c1-3-15(7-11-5-4-6-17-11)12(16)8-18-13(2)9-14-10-13/h4-6,14H,3,7-10H2,1-2H3. The molecule has 0 aliphatic carbocycles. The van der Waals surface area contributed by atoms with Crippen molar-refractivity contribution < 1.29 is 13.9 Å². The Morgan fingerprint density at radius 1 is 1.61 bits per heavy atom. The van der Waals surface area contributed by atoms with E-state index in [0.717, 1.165) is 18.8 Å². The number of hydrogen-bond acceptors (Lipinski definition) is 4. The third-order valence-corrected chi connectivity index (χ3v) is 3.20. The summed E-state index contributed by atoms with van der Waals surface area (Å²) < 4.78 is 10.9. The summed E-state index contributed by atoms with van der Waals surface area (Å²) in [6.07, 6.45) is 1.62. The van der Waals surface area contributed by atoms with E-state index in [0.29, 0.717) is 13.1 Å². The zero-order valence-electron chi connectivity index (χ0n) is 10.9. The van der Waals surface area contributed by atoms with Crippen LogP contribution >= 0.6 is 0 Å². The fraction of sp³-hybridized carbons (Fsp3) is 0.615. The van der Waals surface area contributed by atoms with Crippen LogP contribution in [0, 0.1) is 0 Å². The van der Waals surface area contributed by atoms with Crippen LogP contribution < -0.4 is 5.32 Å². The summed E-state index contributed by atoms with van der Waals surface area (Å²) in [7, 11) is 0. The van der Waals surface area contributed by atoms with Crippen molar-refractivity contribution in [3.05, 3.63) is 24.2 Å². The van der Waals surface area contributed by atoms with Crippen LogP contribution in [0.2, 0.25) is 0 Å². The smallest absolute Gasteiger partial charge is 0.248 e. The molecule has 1 aromatic rings. The Bertz CT molecular complexity index is 385. The minimum atomic E-state index is -0.181. The highest BCUT2D eigenvalue weighted by Gasteiger charge is 2.33. The highest BCUT2D eigenvalue weighted by molar-refractivity contribution is 5.77. The minimum absolute atomic E-state index is 0.00188. The topological polar surface area (TPSA) is 54.7 Å². The molecule has 0 unspecified atom stereocenters. The molecule has 1 saturated heterocycles. The van der Waals surface area contributed by atoms with Gasteiger partial charge in [0.2, 0.25) is 5.91 Å². The van der Waals surface area contributed by atoms with Gasteiger partial charge >= 0.3 is 0 Å². The van der Waals surface area contributed by atoms with Crippen LogP contribution in [0.4, 0.5) is 0 Å². The minimum Gasteiger partial charge on any atom is -0.467 e. The maximum atomic E-state index is 12.0. The molecule has 2 rings (SSSR count). The second-order valence-corrected chi connectivity index (χ2v) is 4.83. The lowest BCUT2D eigenvalue weighted by molar-refractivity contribution is -0.146. The molecule has 2 heterocycles. The molecule has 0 radical (unpaired) electrons. The molecule has 18 heavy (non-hydrogen) atoms. The number of furan rings is 1. The van der Waals surface area contributed by atoms with Gasteiger partial charge in [-0.2, -0.15) is 0 Å². The highest BCUT2D eigenvalue weighted by atomic mass is 16.5. The quantitative estimate of drug-likeness (QED) is 0.821. The number of likely N-dealkylation sites (N-methyl/N-ethyl adjacent to an activating group) is 1. The predicted octanol–water partition coefficient (Wildman–Crippen LogP) is 1.01. The summed E-state index contributed by atoms with van der Waals surface area (Å²) in [6.45, 7) is 6.87. The first-order chi connectivity index (χ1) is 8.63. The zero-order valence-corrected chi connectivity index (χ0v) is 10.9. The van der Waals surface area contributed by atoms with Gasteiger partial charge in [-0.05, 0) is 26.0 Å². The molecule has 0 spiro atoms. The Morgan fingerprint density at radius 3 is 2.89 bits per heavy atom. The van der Waals surface area contributed by atoms with Gasteiger partial charge in [-0.3, -0.25) is 4.79 Å². The van der Waals surface area contributed by atoms with Crippen LogP contribution in [0.15, 0.2) is 22.8 Å². The third kappa shape index (κ3) is 3.11. The van der Waals surface area contributed by atoms with Gasteiger partial charge in [-0.25, -0.2) is 0 Å². The number of rotatable bonds is 6. The van der Waals surface area contributed by atoms with Gasteiger partial charge in [0.25, 0.3) is 0 Å². The zero-order chi connectivity index (χ0) is 13.0. The normalized spacial score (nSPS) is 17.2. The maximum Gasteiger partial charge on any atom is 0.248 e. The molecular formula is C13H20N2O3.